The van der Waals surface area contributed by atoms with Gasteiger partial charge in [0.1, 0.15) is 5.75 Å². The summed E-state index contributed by atoms with van der Waals surface area (Å²) in [4.78, 5) is 24.3. The lowest BCUT2D eigenvalue weighted by Crippen LogP contribution is -2.32. The van der Waals surface area contributed by atoms with Crippen LogP contribution < -0.4 is 4.74 Å². The SMILES string of the molecule is COC(=O)CCCN(C)C(=O)COc1ccc(Cl)cc1. The van der Waals surface area contributed by atoms with Gasteiger partial charge < -0.3 is 14.4 Å². The second-order valence-corrected chi connectivity index (χ2v) is 4.67. The van der Waals surface area contributed by atoms with Crippen molar-refractivity contribution in [2.45, 2.75) is 12.8 Å². The number of amides is 1. The highest BCUT2D eigenvalue weighted by Crippen LogP contribution is 2.15. The molecule has 110 valence electrons. The van der Waals surface area contributed by atoms with E-state index in [1.807, 2.05) is 0 Å². The largest absolute Gasteiger partial charge is 0.484 e. The fraction of sp³-hybridized carbons (Fsp3) is 0.429. The summed E-state index contributed by atoms with van der Waals surface area (Å²) >= 11 is 5.75. The molecule has 0 spiro atoms. The molecule has 0 fully saturated rings. The van der Waals surface area contributed by atoms with Crippen molar-refractivity contribution in [1.29, 1.82) is 0 Å². The van der Waals surface area contributed by atoms with Gasteiger partial charge in [0.05, 0.1) is 7.11 Å². The molecule has 0 aliphatic heterocycles. The number of halogens is 1. The number of likely N-dealkylation sites (N-methyl/N-ethyl adjacent to an activating group) is 1. The van der Waals surface area contributed by atoms with Gasteiger partial charge in [0, 0.05) is 25.0 Å². The number of carbonyl (C=O) groups excluding carboxylic acids is 2. The number of carbonyl (C=O) groups is 2. The first kappa shape index (κ1) is 16.3. The molecule has 1 aromatic rings. The molecule has 0 N–H and O–H groups in total. The fourth-order valence-corrected chi connectivity index (χ4v) is 1.60. The zero-order chi connectivity index (χ0) is 15.0. The van der Waals surface area contributed by atoms with Crippen LogP contribution in [0, 0.1) is 0 Å². The van der Waals surface area contributed by atoms with Crippen molar-refractivity contribution < 1.29 is 19.1 Å². The summed E-state index contributed by atoms with van der Waals surface area (Å²) in [6, 6.07) is 6.79. The standard InChI is InChI=1S/C14H18ClNO4/c1-16(9-3-4-14(18)19-2)13(17)10-20-12-7-5-11(15)6-8-12/h5-8H,3-4,9-10H2,1-2H3. The minimum atomic E-state index is -0.275. The molecule has 0 heterocycles. The molecular formula is C14H18ClNO4. The average molecular weight is 300 g/mol. The average Bonchev–Trinajstić information content (AvgIpc) is 2.45. The lowest BCUT2D eigenvalue weighted by Gasteiger charge is -2.17. The number of rotatable bonds is 7. The van der Waals surface area contributed by atoms with E-state index in [0.29, 0.717) is 30.2 Å². The summed E-state index contributed by atoms with van der Waals surface area (Å²) < 4.78 is 9.88. The van der Waals surface area contributed by atoms with Gasteiger partial charge in [-0.2, -0.15) is 0 Å². The summed E-state index contributed by atoms with van der Waals surface area (Å²) in [5.74, 6) is 0.166. The van der Waals surface area contributed by atoms with Crippen LogP contribution in [0.3, 0.4) is 0 Å². The third-order valence-corrected chi connectivity index (χ3v) is 2.96. The first-order chi connectivity index (χ1) is 9.52. The second-order valence-electron chi connectivity index (χ2n) is 4.24. The van der Waals surface area contributed by atoms with Crippen LogP contribution >= 0.6 is 11.6 Å². The van der Waals surface area contributed by atoms with Crippen molar-refractivity contribution in [2.75, 3.05) is 27.3 Å². The van der Waals surface area contributed by atoms with Crippen molar-refractivity contribution in [3.63, 3.8) is 0 Å². The quantitative estimate of drug-likeness (QED) is 0.724. The number of ether oxygens (including phenoxy) is 2. The van der Waals surface area contributed by atoms with E-state index in [2.05, 4.69) is 4.74 Å². The number of methoxy groups -OCH3 is 1. The Labute approximate surface area is 123 Å². The van der Waals surface area contributed by atoms with Crippen LogP contribution in [0.15, 0.2) is 24.3 Å². The van der Waals surface area contributed by atoms with E-state index < -0.39 is 0 Å². The highest BCUT2D eigenvalue weighted by atomic mass is 35.5. The van der Waals surface area contributed by atoms with Gasteiger partial charge in [0.15, 0.2) is 6.61 Å². The minimum absolute atomic E-state index is 0.0453. The van der Waals surface area contributed by atoms with E-state index in [1.54, 1.807) is 31.3 Å². The Morgan fingerprint density at radius 3 is 2.50 bits per heavy atom. The predicted molar refractivity (Wildman–Crippen MR) is 75.8 cm³/mol. The molecule has 20 heavy (non-hydrogen) atoms. The molecule has 0 atom stereocenters. The van der Waals surface area contributed by atoms with Gasteiger partial charge in [-0.05, 0) is 30.7 Å². The van der Waals surface area contributed by atoms with Gasteiger partial charge in [-0.15, -0.1) is 0 Å². The lowest BCUT2D eigenvalue weighted by molar-refractivity contribution is -0.141. The van der Waals surface area contributed by atoms with E-state index in [4.69, 9.17) is 16.3 Å². The van der Waals surface area contributed by atoms with Crippen molar-refractivity contribution >= 4 is 23.5 Å². The van der Waals surface area contributed by atoms with Crippen molar-refractivity contribution in [3.05, 3.63) is 29.3 Å². The molecule has 0 aliphatic rings. The van der Waals surface area contributed by atoms with Crippen molar-refractivity contribution in [2.24, 2.45) is 0 Å². The minimum Gasteiger partial charge on any atom is -0.484 e. The Morgan fingerprint density at radius 2 is 1.90 bits per heavy atom. The van der Waals surface area contributed by atoms with E-state index >= 15 is 0 Å². The normalized spacial score (nSPS) is 9.95. The maximum atomic E-state index is 11.8. The highest BCUT2D eigenvalue weighted by Gasteiger charge is 2.10. The number of benzene rings is 1. The third kappa shape index (κ3) is 5.93. The number of hydrogen-bond acceptors (Lipinski definition) is 4. The number of esters is 1. The van der Waals surface area contributed by atoms with Crippen LogP contribution in [0.4, 0.5) is 0 Å². The maximum Gasteiger partial charge on any atom is 0.305 e. The molecule has 1 rings (SSSR count). The Hall–Kier alpha value is -1.75. The first-order valence-corrected chi connectivity index (χ1v) is 6.60. The lowest BCUT2D eigenvalue weighted by atomic mass is 10.3. The Kier molecular flexibility index (Phi) is 6.87. The Morgan fingerprint density at radius 1 is 1.25 bits per heavy atom. The number of hydrogen-bond donors (Lipinski definition) is 0. The zero-order valence-corrected chi connectivity index (χ0v) is 12.4. The van der Waals surface area contributed by atoms with Gasteiger partial charge in [0.2, 0.25) is 0 Å². The van der Waals surface area contributed by atoms with Gasteiger partial charge in [0.25, 0.3) is 5.91 Å². The number of nitrogens with zero attached hydrogens (tertiary/aromatic N) is 1. The van der Waals surface area contributed by atoms with E-state index in [9.17, 15) is 9.59 Å². The molecule has 0 aliphatic carbocycles. The zero-order valence-electron chi connectivity index (χ0n) is 11.6. The third-order valence-electron chi connectivity index (χ3n) is 2.70. The second kappa shape index (κ2) is 8.43. The van der Waals surface area contributed by atoms with Crippen LogP contribution in [-0.4, -0.2) is 44.1 Å². The van der Waals surface area contributed by atoms with E-state index in [-0.39, 0.29) is 18.5 Å². The van der Waals surface area contributed by atoms with E-state index in [0.717, 1.165) is 0 Å². The van der Waals surface area contributed by atoms with Gasteiger partial charge >= 0.3 is 5.97 Å². The van der Waals surface area contributed by atoms with Gasteiger partial charge in [-0.3, -0.25) is 9.59 Å². The molecular weight excluding hydrogens is 282 g/mol. The van der Waals surface area contributed by atoms with Crippen LogP contribution in [0.25, 0.3) is 0 Å². The molecule has 6 heteroatoms. The van der Waals surface area contributed by atoms with Crippen LogP contribution in [0.5, 0.6) is 5.75 Å². The van der Waals surface area contributed by atoms with Gasteiger partial charge in [-0.1, -0.05) is 11.6 Å². The van der Waals surface area contributed by atoms with Crippen molar-refractivity contribution in [3.8, 4) is 5.75 Å². The monoisotopic (exact) mass is 299 g/mol. The fourth-order valence-electron chi connectivity index (χ4n) is 1.47. The summed E-state index contributed by atoms with van der Waals surface area (Å²) in [5.41, 5.74) is 0. The van der Waals surface area contributed by atoms with E-state index in [1.165, 1.54) is 12.0 Å². The van der Waals surface area contributed by atoms with Crippen molar-refractivity contribution in [1.82, 2.24) is 4.90 Å². The smallest absolute Gasteiger partial charge is 0.305 e. The van der Waals surface area contributed by atoms with Crippen LogP contribution in [-0.2, 0) is 14.3 Å². The molecule has 5 nitrogen and oxygen atoms in total. The summed E-state index contributed by atoms with van der Waals surface area (Å²) in [7, 11) is 3.02. The molecule has 0 aromatic heterocycles. The van der Waals surface area contributed by atoms with Crippen LogP contribution in [0.2, 0.25) is 5.02 Å². The summed E-state index contributed by atoms with van der Waals surface area (Å²) in [6.45, 7) is 0.439. The molecule has 1 amide bonds. The molecule has 0 saturated carbocycles. The summed E-state index contributed by atoms with van der Waals surface area (Å²) in [6.07, 6.45) is 0.863. The van der Waals surface area contributed by atoms with Crippen LogP contribution in [0.1, 0.15) is 12.8 Å². The Bertz CT molecular complexity index is 447. The van der Waals surface area contributed by atoms with Gasteiger partial charge in [-0.25, -0.2) is 0 Å². The maximum absolute atomic E-state index is 11.8. The molecule has 0 bridgehead atoms. The molecule has 0 radical (unpaired) electrons. The Balaban J connectivity index is 2.27. The summed E-state index contributed by atoms with van der Waals surface area (Å²) in [5, 5.41) is 0.614. The first-order valence-electron chi connectivity index (χ1n) is 6.22. The molecule has 1 aromatic carbocycles. The molecule has 0 unspecified atom stereocenters. The highest BCUT2D eigenvalue weighted by molar-refractivity contribution is 6.30. The topological polar surface area (TPSA) is 55.8 Å². The molecule has 0 saturated heterocycles. The predicted octanol–water partition coefficient (Wildman–Crippen LogP) is 2.13.